The molecule has 1 saturated heterocycles. The molecule has 0 spiro atoms. The van der Waals surface area contributed by atoms with Crippen LogP contribution in [0, 0.1) is 0 Å². The van der Waals surface area contributed by atoms with Gasteiger partial charge in [-0.1, -0.05) is 36.4 Å². The van der Waals surface area contributed by atoms with Gasteiger partial charge in [-0.25, -0.2) is 13.4 Å². The third-order valence-electron chi connectivity index (χ3n) is 3.36. The van der Waals surface area contributed by atoms with Gasteiger partial charge in [0.15, 0.2) is 5.03 Å². The van der Waals surface area contributed by atoms with Crippen LogP contribution in [0.2, 0.25) is 0 Å². The minimum atomic E-state index is -3.49. The molecule has 0 N–H and O–H groups in total. The van der Waals surface area contributed by atoms with E-state index in [9.17, 15) is 8.42 Å². The van der Waals surface area contributed by atoms with Gasteiger partial charge in [0.25, 0.3) is 10.0 Å². The van der Waals surface area contributed by atoms with Gasteiger partial charge in [0.1, 0.15) is 0 Å². The summed E-state index contributed by atoms with van der Waals surface area (Å²) in [6.07, 6.45) is 1.50. The zero-order valence-electron chi connectivity index (χ0n) is 10.5. The lowest BCUT2D eigenvalue weighted by Gasteiger charge is -2.05. The molecule has 0 radical (unpaired) electrons. The van der Waals surface area contributed by atoms with Crippen molar-refractivity contribution in [1.82, 2.24) is 9.29 Å². The molecular weight excluding hydrogens is 260 g/mol. The summed E-state index contributed by atoms with van der Waals surface area (Å²) in [5.74, 6) is 0. The average Bonchev–Trinajstić information content (AvgIpc) is 3.13. The number of benzene rings is 1. The van der Waals surface area contributed by atoms with Crippen LogP contribution in [0.15, 0.2) is 59.8 Å². The maximum atomic E-state index is 12.5. The highest BCUT2D eigenvalue weighted by Gasteiger charge is 2.53. The van der Waals surface area contributed by atoms with Gasteiger partial charge in [-0.3, -0.25) is 0 Å². The molecule has 2 aromatic rings. The van der Waals surface area contributed by atoms with Gasteiger partial charge in [-0.05, 0) is 24.6 Å². The quantitative estimate of drug-likeness (QED) is 0.806. The Morgan fingerprint density at radius 1 is 1.05 bits per heavy atom. The Bertz CT molecular complexity index is 671. The van der Waals surface area contributed by atoms with Crippen molar-refractivity contribution in [2.24, 2.45) is 0 Å². The average molecular weight is 274 g/mol. The molecule has 4 nitrogen and oxygen atoms in total. The van der Waals surface area contributed by atoms with E-state index < -0.39 is 10.0 Å². The van der Waals surface area contributed by atoms with Crippen molar-refractivity contribution in [2.45, 2.75) is 24.0 Å². The third kappa shape index (κ3) is 2.05. The molecule has 2 heterocycles. The number of hydrogen-bond donors (Lipinski definition) is 0. The van der Waals surface area contributed by atoms with E-state index >= 15 is 0 Å². The summed E-state index contributed by atoms with van der Waals surface area (Å²) in [4.78, 5) is 3.94. The summed E-state index contributed by atoms with van der Waals surface area (Å²) in [6.45, 7) is 1.91. The van der Waals surface area contributed by atoms with E-state index in [1.54, 1.807) is 12.1 Å². The van der Waals surface area contributed by atoms with Crippen LogP contribution in [0.5, 0.6) is 0 Å². The number of pyridine rings is 1. The van der Waals surface area contributed by atoms with Crippen LogP contribution in [0.25, 0.3) is 0 Å². The highest BCUT2D eigenvalue weighted by atomic mass is 32.2. The van der Waals surface area contributed by atoms with E-state index in [2.05, 4.69) is 4.98 Å². The zero-order chi connectivity index (χ0) is 13.5. The van der Waals surface area contributed by atoms with Crippen LogP contribution < -0.4 is 0 Å². The van der Waals surface area contributed by atoms with E-state index in [0.717, 1.165) is 5.56 Å². The van der Waals surface area contributed by atoms with Crippen molar-refractivity contribution in [3.8, 4) is 0 Å². The van der Waals surface area contributed by atoms with Crippen LogP contribution in [0.3, 0.4) is 0 Å². The minimum Gasteiger partial charge on any atom is -0.243 e. The smallest absolute Gasteiger partial charge is 0.243 e. The highest BCUT2D eigenvalue weighted by Crippen LogP contribution is 2.46. The topological polar surface area (TPSA) is 50.0 Å². The van der Waals surface area contributed by atoms with Gasteiger partial charge >= 0.3 is 0 Å². The Balaban J connectivity index is 1.93. The van der Waals surface area contributed by atoms with Crippen LogP contribution >= 0.6 is 0 Å². The number of sulfonamides is 1. The molecule has 1 aliphatic heterocycles. The second-order valence-electron chi connectivity index (χ2n) is 4.60. The van der Waals surface area contributed by atoms with E-state index in [4.69, 9.17) is 0 Å². The molecular formula is C14H14N2O2S. The molecule has 1 aromatic heterocycles. The zero-order valence-corrected chi connectivity index (χ0v) is 11.3. The normalized spacial score (nSPS) is 26.1. The number of hydrogen-bond acceptors (Lipinski definition) is 3. The third-order valence-corrected chi connectivity index (χ3v) is 5.25. The van der Waals surface area contributed by atoms with Crippen molar-refractivity contribution in [3.63, 3.8) is 0 Å². The summed E-state index contributed by atoms with van der Waals surface area (Å²) < 4.78 is 26.4. The predicted molar refractivity (Wildman–Crippen MR) is 71.9 cm³/mol. The summed E-state index contributed by atoms with van der Waals surface area (Å²) in [5, 5.41) is 0.111. The molecule has 98 valence electrons. The summed E-state index contributed by atoms with van der Waals surface area (Å²) in [5.41, 5.74) is 1.02. The fraction of sp³-hybridized carbons (Fsp3) is 0.214. The fourth-order valence-corrected chi connectivity index (χ4v) is 4.13. The van der Waals surface area contributed by atoms with Gasteiger partial charge in [0.2, 0.25) is 0 Å². The Labute approximate surface area is 112 Å². The lowest BCUT2D eigenvalue weighted by atomic mass is 10.1. The Hall–Kier alpha value is -1.72. The van der Waals surface area contributed by atoms with Crippen molar-refractivity contribution in [1.29, 1.82) is 0 Å². The molecule has 1 aliphatic rings. The first-order chi connectivity index (χ1) is 9.12. The van der Waals surface area contributed by atoms with E-state index in [0.29, 0.717) is 0 Å². The molecule has 0 bridgehead atoms. The van der Waals surface area contributed by atoms with E-state index in [1.807, 2.05) is 37.3 Å². The largest absolute Gasteiger partial charge is 0.261 e. The molecule has 3 unspecified atom stereocenters. The Kier molecular flexibility index (Phi) is 2.88. The van der Waals surface area contributed by atoms with Crippen LogP contribution in [-0.2, 0) is 10.0 Å². The van der Waals surface area contributed by atoms with Crippen LogP contribution in [0.4, 0.5) is 0 Å². The molecule has 1 aromatic carbocycles. The number of nitrogens with zero attached hydrogens (tertiary/aromatic N) is 2. The van der Waals surface area contributed by atoms with Gasteiger partial charge in [0, 0.05) is 12.2 Å². The molecule has 5 heteroatoms. The maximum absolute atomic E-state index is 12.5. The molecule has 3 rings (SSSR count). The fourth-order valence-electron chi connectivity index (χ4n) is 2.37. The second kappa shape index (κ2) is 4.43. The summed E-state index contributed by atoms with van der Waals surface area (Å²) in [6, 6.07) is 14.5. The van der Waals surface area contributed by atoms with Crippen molar-refractivity contribution in [2.75, 3.05) is 0 Å². The SMILES string of the molecule is CC1C(c2ccccc2)N1S(=O)(=O)c1ccccn1. The first kappa shape index (κ1) is 12.3. The molecule has 19 heavy (non-hydrogen) atoms. The summed E-state index contributed by atoms with van der Waals surface area (Å²) >= 11 is 0. The van der Waals surface area contributed by atoms with Gasteiger partial charge in [-0.2, -0.15) is 4.31 Å². The highest BCUT2D eigenvalue weighted by molar-refractivity contribution is 7.89. The van der Waals surface area contributed by atoms with Crippen LogP contribution in [0.1, 0.15) is 18.5 Å². The number of aromatic nitrogens is 1. The van der Waals surface area contributed by atoms with Crippen LogP contribution in [-0.4, -0.2) is 23.7 Å². The first-order valence-corrected chi connectivity index (χ1v) is 7.56. The Morgan fingerprint density at radius 2 is 1.74 bits per heavy atom. The molecule has 3 atom stereocenters. The molecule has 0 aliphatic carbocycles. The van der Waals surface area contributed by atoms with E-state index in [1.165, 1.54) is 16.6 Å². The molecule has 0 saturated carbocycles. The number of rotatable bonds is 3. The summed E-state index contributed by atoms with van der Waals surface area (Å²) in [7, 11) is -3.49. The lowest BCUT2D eigenvalue weighted by Crippen LogP contribution is -2.15. The monoisotopic (exact) mass is 274 g/mol. The molecule has 1 fully saturated rings. The predicted octanol–water partition coefficient (Wildman–Crippen LogP) is 2.22. The van der Waals surface area contributed by atoms with Gasteiger partial charge in [0.05, 0.1) is 6.04 Å². The lowest BCUT2D eigenvalue weighted by molar-refractivity contribution is 0.544. The van der Waals surface area contributed by atoms with Gasteiger partial charge < -0.3 is 0 Å². The van der Waals surface area contributed by atoms with Crippen molar-refractivity contribution in [3.05, 3.63) is 60.3 Å². The maximum Gasteiger partial charge on any atom is 0.261 e. The van der Waals surface area contributed by atoms with E-state index in [-0.39, 0.29) is 17.1 Å². The standard InChI is InChI=1S/C14H14N2O2S/c1-11-14(12-7-3-2-4-8-12)16(11)19(17,18)13-9-5-6-10-15-13/h2-11,14H,1H3. The van der Waals surface area contributed by atoms with Crippen molar-refractivity contribution < 1.29 is 8.42 Å². The second-order valence-corrected chi connectivity index (χ2v) is 6.39. The molecule has 0 amide bonds. The van der Waals surface area contributed by atoms with Gasteiger partial charge in [-0.15, -0.1) is 0 Å². The minimum absolute atomic E-state index is 0.0191. The van der Waals surface area contributed by atoms with Crippen molar-refractivity contribution >= 4 is 10.0 Å². The first-order valence-electron chi connectivity index (χ1n) is 6.12. The Morgan fingerprint density at radius 3 is 2.37 bits per heavy atom.